The van der Waals surface area contributed by atoms with Crippen molar-refractivity contribution in [1.29, 1.82) is 5.26 Å². The summed E-state index contributed by atoms with van der Waals surface area (Å²) < 4.78 is 13.8. The van der Waals surface area contributed by atoms with Gasteiger partial charge in [-0.2, -0.15) is 5.26 Å². The van der Waals surface area contributed by atoms with Crippen molar-refractivity contribution in [1.82, 2.24) is 0 Å². The monoisotopic (exact) mass is 355 g/mol. The van der Waals surface area contributed by atoms with Crippen LogP contribution in [0.2, 0.25) is 0 Å². The average molecular weight is 355 g/mol. The normalized spacial score (nSPS) is 11.2. The van der Waals surface area contributed by atoms with Gasteiger partial charge in [0.25, 0.3) is 0 Å². The highest BCUT2D eigenvalue weighted by atomic mass is 19.1. The van der Waals surface area contributed by atoms with E-state index in [1.165, 1.54) is 0 Å². The third-order valence-electron chi connectivity index (χ3n) is 4.57. The van der Waals surface area contributed by atoms with Crippen molar-refractivity contribution in [3.05, 3.63) is 89.8 Å². The van der Waals surface area contributed by atoms with Crippen LogP contribution >= 0.6 is 0 Å². The van der Waals surface area contributed by atoms with Gasteiger partial charge in [-0.05, 0) is 58.9 Å². The standard InChI is InChI=1S/C25H22FN/c1-2-3-4-25(26)17-19-5-9-21(10-6-19)23-13-15-24(16-14-23)22-11-7-20(18-27)8-12-22/h5-17H,2-4H2,1H3. The van der Waals surface area contributed by atoms with E-state index in [1.807, 2.05) is 48.5 Å². The third-order valence-corrected chi connectivity index (χ3v) is 4.57. The first kappa shape index (κ1) is 18.6. The van der Waals surface area contributed by atoms with E-state index in [0.717, 1.165) is 40.7 Å². The topological polar surface area (TPSA) is 23.8 Å². The zero-order chi connectivity index (χ0) is 19.1. The maximum absolute atomic E-state index is 13.8. The highest BCUT2D eigenvalue weighted by molar-refractivity contribution is 5.71. The van der Waals surface area contributed by atoms with Gasteiger partial charge >= 0.3 is 0 Å². The molecule has 134 valence electrons. The van der Waals surface area contributed by atoms with Crippen LogP contribution in [0, 0.1) is 11.3 Å². The molecule has 3 rings (SSSR count). The fourth-order valence-electron chi connectivity index (χ4n) is 2.96. The van der Waals surface area contributed by atoms with Crippen molar-refractivity contribution in [2.75, 3.05) is 0 Å². The Kier molecular flexibility index (Phi) is 6.18. The van der Waals surface area contributed by atoms with E-state index in [1.54, 1.807) is 6.08 Å². The predicted molar refractivity (Wildman–Crippen MR) is 111 cm³/mol. The van der Waals surface area contributed by atoms with E-state index >= 15 is 0 Å². The summed E-state index contributed by atoms with van der Waals surface area (Å²) in [5, 5.41) is 8.89. The maximum atomic E-state index is 13.8. The lowest BCUT2D eigenvalue weighted by Gasteiger charge is -2.06. The van der Waals surface area contributed by atoms with E-state index in [-0.39, 0.29) is 5.83 Å². The minimum absolute atomic E-state index is 0.0589. The molecule has 0 atom stereocenters. The van der Waals surface area contributed by atoms with E-state index in [9.17, 15) is 4.39 Å². The van der Waals surface area contributed by atoms with Gasteiger partial charge in [0.15, 0.2) is 0 Å². The summed E-state index contributed by atoms with van der Waals surface area (Å²) in [4.78, 5) is 0. The molecule has 2 heteroatoms. The predicted octanol–water partition coefficient (Wildman–Crippen LogP) is 7.39. The van der Waals surface area contributed by atoms with Gasteiger partial charge in [0.1, 0.15) is 5.83 Å². The van der Waals surface area contributed by atoms with Crippen molar-refractivity contribution in [3.8, 4) is 28.3 Å². The van der Waals surface area contributed by atoms with Gasteiger partial charge in [0.2, 0.25) is 0 Å². The molecular weight excluding hydrogens is 333 g/mol. The van der Waals surface area contributed by atoms with Crippen LogP contribution in [-0.2, 0) is 0 Å². The van der Waals surface area contributed by atoms with Gasteiger partial charge in [-0.15, -0.1) is 0 Å². The maximum Gasteiger partial charge on any atom is 0.101 e. The molecule has 0 spiro atoms. The number of rotatable bonds is 6. The van der Waals surface area contributed by atoms with Crippen molar-refractivity contribution in [3.63, 3.8) is 0 Å². The Balaban J connectivity index is 1.74. The molecular formula is C25H22FN. The van der Waals surface area contributed by atoms with Gasteiger partial charge in [-0.1, -0.05) is 74.0 Å². The summed E-state index contributed by atoms with van der Waals surface area (Å²) in [6.45, 7) is 2.06. The lowest BCUT2D eigenvalue weighted by atomic mass is 9.99. The van der Waals surface area contributed by atoms with Gasteiger partial charge in [-0.25, -0.2) is 4.39 Å². The van der Waals surface area contributed by atoms with Gasteiger partial charge < -0.3 is 0 Å². The second-order valence-corrected chi connectivity index (χ2v) is 6.58. The molecule has 0 fully saturated rings. The zero-order valence-electron chi connectivity index (χ0n) is 15.5. The van der Waals surface area contributed by atoms with Crippen LogP contribution in [0.1, 0.15) is 37.3 Å². The van der Waals surface area contributed by atoms with Crippen LogP contribution in [0.25, 0.3) is 28.3 Å². The van der Waals surface area contributed by atoms with Gasteiger partial charge in [-0.3, -0.25) is 0 Å². The number of hydrogen-bond acceptors (Lipinski definition) is 1. The summed E-state index contributed by atoms with van der Waals surface area (Å²) in [7, 11) is 0. The number of allylic oxidation sites excluding steroid dienone is 1. The number of benzene rings is 3. The number of nitriles is 1. The molecule has 0 aromatic heterocycles. The first-order valence-corrected chi connectivity index (χ1v) is 9.26. The Hall–Kier alpha value is -3.18. The summed E-state index contributed by atoms with van der Waals surface area (Å²) in [6.07, 6.45) is 4.01. The van der Waals surface area contributed by atoms with Crippen LogP contribution in [0.5, 0.6) is 0 Å². The van der Waals surface area contributed by atoms with Crippen LogP contribution in [0.15, 0.2) is 78.6 Å². The van der Waals surface area contributed by atoms with E-state index in [4.69, 9.17) is 5.26 Å². The molecule has 1 nitrogen and oxygen atoms in total. The largest absolute Gasteiger partial charge is 0.212 e. The van der Waals surface area contributed by atoms with Crippen molar-refractivity contribution in [2.45, 2.75) is 26.2 Å². The minimum atomic E-state index is -0.0589. The van der Waals surface area contributed by atoms with Crippen molar-refractivity contribution in [2.24, 2.45) is 0 Å². The third kappa shape index (κ3) is 4.92. The van der Waals surface area contributed by atoms with Crippen LogP contribution < -0.4 is 0 Å². The Morgan fingerprint density at radius 3 is 1.70 bits per heavy atom. The Morgan fingerprint density at radius 1 is 0.815 bits per heavy atom. The molecule has 3 aromatic rings. The van der Waals surface area contributed by atoms with Gasteiger partial charge in [0, 0.05) is 0 Å². The van der Waals surface area contributed by atoms with Gasteiger partial charge in [0.05, 0.1) is 11.6 Å². The molecule has 0 unspecified atom stereocenters. The van der Waals surface area contributed by atoms with Crippen LogP contribution in [0.3, 0.4) is 0 Å². The fraction of sp³-hybridized carbons (Fsp3) is 0.160. The quantitative estimate of drug-likeness (QED) is 0.452. The molecule has 0 bridgehead atoms. The smallest absolute Gasteiger partial charge is 0.101 e. The average Bonchev–Trinajstić information content (AvgIpc) is 2.73. The van der Waals surface area contributed by atoms with Crippen LogP contribution in [-0.4, -0.2) is 0 Å². The first-order valence-electron chi connectivity index (χ1n) is 9.26. The SMILES string of the molecule is CCCCC(F)=Cc1ccc(-c2ccc(-c3ccc(C#N)cc3)cc2)cc1. The van der Waals surface area contributed by atoms with Crippen LogP contribution in [0.4, 0.5) is 4.39 Å². The van der Waals surface area contributed by atoms with Crippen molar-refractivity contribution >= 4 is 6.08 Å². The highest BCUT2D eigenvalue weighted by Gasteiger charge is 2.02. The second-order valence-electron chi connectivity index (χ2n) is 6.58. The van der Waals surface area contributed by atoms with E-state index in [2.05, 4.69) is 37.3 Å². The van der Waals surface area contributed by atoms with E-state index in [0.29, 0.717) is 12.0 Å². The molecule has 0 amide bonds. The number of halogens is 1. The molecule has 0 aliphatic rings. The first-order chi connectivity index (χ1) is 13.2. The number of hydrogen-bond donors (Lipinski definition) is 0. The second kappa shape index (κ2) is 8.96. The summed E-state index contributed by atoms with van der Waals surface area (Å²) in [5.41, 5.74) is 5.98. The number of unbranched alkanes of at least 4 members (excludes halogenated alkanes) is 1. The summed E-state index contributed by atoms with van der Waals surface area (Å²) in [5.74, 6) is -0.0589. The molecule has 0 aliphatic carbocycles. The molecule has 0 N–H and O–H groups in total. The lowest BCUT2D eigenvalue weighted by Crippen LogP contribution is -1.82. The Bertz CT molecular complexity index is 943. The Morgan fingerprint density at radius 2 is 1.26 bits per heavy atom. The molecule has 0 radical (unpaired) electrons. The molecule has 3 aromatic carbocycles. The fourth-order valence-corrected chi connectivity index (χ4v) is 2.96. The van der Waals surface area contributed by atoms with Crippen molar-refractivity contribution < 1.29 is 4.39 Å². The molecule has 0 heterocycles. The highest BCUT2D eigenvalue weighted by Crippen LogP contribution is 2.26. The molecule has 0 aliphatic heterocycles. The molecule has 0 saturated heterocycles. The zero-order valence-corrected chi connectivity index (χ0v) is 15.5. The minimum Gasteiger partial charge on any atom is -0.212 e. The molecule has 0 saturated carbocycles. The lowest BCUT2D eigenvalue weighted by molar-refractivity contribution is 0.577. The molecule has 27 heavy (non-hydrogen) atoms. The number of nitrogens with zero attached hydrogens (tertiary/aromatic N) is 1. The Labute approximate surface area is 160 Å². The summed E-state index contributed by atoms with van der Waals surface area (Å²) >= 11 is 0. The summed E-state index contributed by atoms with van der Waals surface area (Å²) in [6, 6.07) is 26.0. The van der Waals surface area contributed by atoms with E-state index < -0.39 is 0 Å².